The maximum Gasteiger partial charge on any atom is 0.273 e. The van der Waals surface area contributed by atoms with E-state index in [1.54, 1.807) is 60.2 Å². The summed E-state index contributed by atoms with van der Waals surface area (Å²) in [6.07, 6.45) is 1.54. The van der Waals surface area contributed by atoms with Crippen molar-refractivity contribution in [2.24, 2.45) is 0 Å². The van der Waals surface area contributed by atoms with Crippen molar-refractivity contribution >= 4 is 11.8 Å². The van der Waals surface area contributed by atoms with Crippen LogP contribution in [0.4, 0.5) is 4.39 Å². The Hall–Kier alpha value is -4.40. The third-order valence-electron chi connectivity index (χ3n) is 6.43. The largest absolute Gasteiger partial charge is 0.497 e. The van der Waals surface area contributed by atoms with Crippen molar-refractivity contribution in [2.75, 3.05) is 7.11 Å². The van der Waals surface area contributed by atoms with Gasteiger partial charge in [0.05, 0.1) is 19.9 Å². The molecule has 1 atom stereocenters. The molecule has 1 aliphatic heterocycles. The Kier molecular flexibility index (Phi) is 6.05. The lowest BCUT2D eigenvalue weighted by Gasteiger charge is -2.43. The van der Waals surface area contributed by atoms with E-state index in [9.17, 15) is 14.0 Å². The predicted octanol–water partition coefficient (Wildman–Crippen LogP) is 4.02. The Morgan fingerprint density at radius 1 is 1.14 bits per heavy atom. The number of amides is 2. The van der Waals surface area contributed by atoms with Gasteiger partial charge < -0.3 is 19.4 Å². The van der Waals surface area contributed by atoms with Gasteiger partial charge in [-0.3, -0.25) is 14.3 Å². The molecule has 1 unspecified atom stereocenters. The van der Waals surface area contributed by atoms with E-state index in [1.807, 2.05) is 24.3 Å². The van der Waals surface area contributed by atoms with Crippen molar-refractivity contribution in [1.82, 2.24) is 20.0 Å². The number of methoxy groups -OCH3 is 1. The van der Waals surface area contributed by atoms with Crippen molar-refractivity contribution in [2.45, 2.75) is 32.1 Å². The van der Waals surface area contributed by atoms with Gasteiger partial charge in [-0.25, -0.2) is 4.39 Å². The SMILES string of the molecule is COc1ccc(CN2C(=O)c3cc(-c4ccco4)nn3CC2(C)C(=O)NCc2ccc(F)cc2)cc1. The van der Waals surface area contributed by atoms with Gasteiger partial charge in [0, 0.05) is 19.2 Å². The first-order valence-corrected chi connectivity index (χ1v) is 11.5. The summed E-state index contributed by atoms with van der Waals surface area (Å²) in [6.45, 7) is 2.29. The van der Waals surface area contributed by atoms with Crippen LogP contribution in [0.5, 0.6) is 5.75 Å². The number of carbonyl (C=O) groups excluding carboxylic acids is 2. The zero-order chi connectivity index (χ0) is 25.3. The first-order valence-electron chi connectivity index (χ1n) is 11.5. The van der Waals surface area contributed by atoms with Gasteiger partial charge >= 0.3 is 0 Å². The molecule has 8 nitrogen and oxygen atoms in total. The highest BCUT2D eigenvalue weighted by molar-refractivity contribution is 6.00. The highest BCUT2D eigenvalue weighted by Crippen LogP contribution is 2.32. The number of aromatic nitrogens is 2. The monoisotopic (exact) mass is 488 g/mol. The molecule has 5 rings (SSSR count). The Morgan fingerprint density at radius 2 is 1.86 bits per heavy atom. The molecule has 2 aromatic carbocycles. The third kappa shape index (κ3) is 4.35. The summed E-state index contributed by atoms with van der Waals surface area (Å²) in [7, 11) is 1.59. The van der Waals surface area contributed by atoms with Gasteiger partial charge in [0.1, 0.15) is 28.5 Å². The molecule has 0 aliphatic carbocycles. The lowest BCUT2D eigenvalue weighted by Crippen LogP contribution is -2.63. The number of carbonyl (C=O) groups is 2. The predicted molar refractivity (Wildman–Crippen MR) is 129 cm³/mol. The minimum Gasteiger partial charge on any atom is -0.497 e. The summed E-state index contributed by atoms with van der Waals surface area (Å²) in [4.78, 5) is 28.9. The molecule has 0 spiro atoms. The lowest BCUT2D eigenvalue weighted by molar-refractivity contribution is -0.133. The Morgan fingerprint density at radius 3 is 2.53 bits per heavy atom. The van der Waals surface area contributed by atoms with Gasteiger partial charge in [0.25, 0.3) is 5.91 Å². The van der Waals surface area contributed by atoms with Gasteiger partial charge in [-0.2, -0.15) is 5.10 Å². The average molecular weight is 489 g/mol. The van der Waals surface area contributed by atoms with Gasteiger partial charge in [0.15, 0.2) is 5.76 Å². The Labute approximate surface area is 207 Å². The molecule has 0 saturated carbocycles. The zero-order valence-electron chi connectivity index (χ0n) is 19.9. The minimum absolute atomic E-state index is 0.153. The fourth-order valence-electron chi connectivity index (χ4n) is 4.32. The highest BCUT2D eigenvalue weighted by Gasteiger charge is 2.48. The van der Waals surface area contributed by atoms with Crippen LogP contribution in [0.15, 0.2) is 77.4 Å². The molecule has 184 valence electrons. The van der Waals surface area contributed by atoms with E-state index >= 15 is 0 Å². The van der Waals surface area contributed by atoms with Gasteiger partial charge in [-0.15, -0.1) is 0 Å². The van der Waals surface area contributed by atoms with E-state index in [0.29, 0.717) is 22.9 Å². The van der Waals surface area contributed by atoms with Crippen molar-refractivity contribution in [3.63, 3.8) is 0 Å². The van der Waals surface area contributed by atoms with Crippen LogP contribution in [0.1, 0.15) is 28.5 Å². The van der Waals surface area contributed by atoms with Crippen LogP contribution in [-0.4, -0.2) is 39.1 Å². The number of nitrogens with one attached hydrogen (secondary N) is 1. The number of benzene rings is 2. The molecule has 1 N–H and O–H groups in total. The van der Waals surface area contributed by atoms with E-state index < -0.39 is 5.54 Å². The summed E-state index contributed by atoms with van der Waals surface area (Å²) in [5, 5.41) is 7.46. The molecule has 2 amide bonds. The maximum absolute atomic E-state index is 13.7. The molecule has 0 saturated heterocycles. The second-order valence-corrected chi connectivity index (χ2v) is 8.87. The molecular weight excluding hydrogens is 463 g/mol. The number of ether oxygens (including phenoxy) is 1. The topological polar surface area (TPSA) is 89.6 Å². The zero-order valence-corrected chi connectivity index (χ0v) is 19.9. The summed E-state index contributed by atoms with van der Waals surface area (Å²) < 4.78 is 25.5. The lowest BCUT2D eigenvalue weighted by atomic mass is 9.94. The summed E-state index contributed by atoms with van der Waals surface area (Å²) >= 11 is 0. The van der Waals surface area contributed by atoms with Crippen LogP contribution in [0.2, 0.25) is 0 Å². The normalized spacial score (nSPS) is 17.1. The van der Waals surface area contributed by atoms with Crippen molar-refractivity contribution in [3.05, 3.63) is 95.6 Å². The van der Waals surface area contributed by atoms with Crippen LogP contribution in [-0.2, 0) is 24.4 Å². The molecule has 0 bridgehead atoms. The molecule has 4 aromatic rings. The van der Waals surface area contributed by atoms with Gasteiger partial charge in [0.2, 0.25) is 5.91 Å². The molecule has 3 heterocycles. The number of rotatable bonds is 7. The number of fused-ring (bicyclic) bond motifs is 1. The molecule has 1 aliphatic rings. The van der Waals surface area contributed by atoms with Crippen LogP contribution in [0, 0.1) is 5.82 Å². The number of furan rings is 1. The van der Waals surface area contributed by atoms with Gasteiger partial charge in [-0.05, 0) is 54.4 Å². The summed E-state index contributed by atoms with van der Waals surface area (Å²) in [5.74, 6) is 0.230. The minimum atomic E-state index is -1.24. The van der Waals surface area contributed by atoms with E-state index in [1.165, 1.54) is 12.1 Å². The van der Waals surface area contributed by atoms with E-state index in [-0.39, 0.29) is 37.3 Å². The van der Waals surface area contributed by atoms with E-state index in [0.717, 1.165) is 11.1 Å². The number of hydrogen-bond acceptors (Lipinski definition) is 5. The van der Waals surface area contributed by atoms with Crippen LogP contribution < -0.4 is 10.1 Å². The average Bonchev–Trinajstić information content (AvgIpc) is 3.57. The van der Waals surface area contributed by atoms with Crippen LogP contribution in [0.3, 0.4) is 0 Å². The third-order valence-corrected chi connectivity index (χ3v) is 6.43. The standard InChI is InChI=1S/C27H25FN4O4/c1-27(26(34)29-15-18-5-9-20(28)10-6-18)17-32-23(14-22(30-32)24-4-3-13-36-24)25(33)31(27)16-19-7-11-21(35-2)12-8-19/h3-14H,15-17H2,1-2H3,(H,29,34). The Balaban J connectivity index is 1.47. The fraction of sp³-hybridized carbons (Fsp3) is 0.222. The van der Waals surface area contributed by atoms with Crippen LogP contribution in [0.25, 0.3) is 11.5 Å². The van der Waals surface area contributed by atoms with Crippen molar-refractivity contribution < 1.29 is 23.1 Å². The van der Waals surface area contributed by atoms with E-state index in [4.69, 9.17) is 9.15 Å². The molecule has 0 radical (unpaired) electrons. The quantitative estimate of drug-likeness (QED) is 0.424. The molecule has 36 heavy (non-hydrogen) atoms. The highest BCUT2D eigenvalue weighted by atomic mass is 19.1. The number of halogens is 1. The maximum atomic E-state index is 13.7. The molecular formula is C27H25FN4O4. The van der Waals surface area contributed by atoms with E-state index in [2.05, 4.69) is 10.4 Å². The first-order chi connectivity index (χ1) is 17.4. The molecule has 9 heteroatoms. The smallest absolute Gasteiger partial charge is 0.273 e. The van der Waals surface area contributed by atoms with Crippen LogP contribution >= 0.6 is 0 Å². The molecule has 2 aromatic heterocycles. The second kappa shape index (κ2) is 9.33. The first kappa shape index (κ1) is 23.3. The number of hydrogen-bond donors (Lipinski definition) is 1. The van der Waals surface area contributed by atoms with Gasteiger partial charge in [-0.1, -0.05) is 24.3 Å². The molecule has 0 fully saturated rings. The van der Waals surface area contributed by atoms with Crippen molar-refractivity contribution in [1.29, 1.82) is 0 Å². The summed E-state index contributed by atoms with van der Waals surface area (Å²) in [6, 6.07) is 18.5. The van der Waals surface area contributed by atoms with Crippen molar-refractivity contribution in [3.8, 4) is 17.2 Å². The second-order valence-electron chi connectivity index (χ2n) is 8.87. The number of nitrogens with zero attached hydrogens (tertiary/aromatic N) is 3. The Bertz CT molecular complexity index is 1380. The summed E-state index contributed by atoms with van der Waals surface area (Å²) in [5.41, 5.74) is 1.25. The fourth-order valence-corrected chi connectivity index (χ4v) is 4.32.